The van der Waals surface area contributed by atoms with E-state index in [1.54, 1.807) is 0 Å². The molecule has 0 saturated carbocycles. The van der Waals surface area contributed by atoms with Crippen molar-refractivity contribution in [2.75, 3.05) is 0 Å². The summed E-state index contributed by atoms with van der Waals surface area (Å²) in [6, 6.07) is 14.9. The van der Waals surface area contributed by atoms with E-state index >= 15 is 0 Å². The van der Waals surface area contributed by atoms with Gasteiger partial charge in [0.15, 0.2) is 0 Å². The minimum atomic E-state index is 0.0675. The van der Waals surface area contributed by atoms with Crippen molar-refractivity contribution < 1.29 is 0 Å². The highest BCUT2D eigenvalue weighted by molar-refractivity contribution is 14.1. The number of hydrogen-bond acceptors (Lipinski definition) is 1. The molecular formula is C16H18IN. The van der Waals surface area contributed by atoms with Crippen LogP contribution >= 0.6 is 22.6 Å². The van der Waals surface area contributed by atoms with E-state index in [0.717, 1.165) is 6.42 Å². The average molecular weight is 351 g/mol. The van der Waals surface area contributed by atoms with Gasteiger partial charge in [-0.05, 0) is 65.1 Å². The molecule has 0 spiro atoms. The van der Waals surface area contributed by atoms with E-state index < -0.39 is 0 Å². The Hall–Kier alpha value is -0.870. The molecule has 1 nitrogen and oxygen atoms in total. The van der Waals surface area contributed by atoms with Crippen LogP contribution in [0, 0.1) is 17.4 Å². The molecule has 94 valence electrons. The summed E-state index contributed by atoms with van der Waals surface area (Å²) in [5.41, 5.74) is 11.6. The molecule has 2 aromatic rings. The van der Waals surface area contributed by atoms with Crippen LogP contribution < -0.4 is 5.73 Å². The highest BCUT2D eigenvalue weighted by Crippen LogP contribution is 2.24. The first-order chi connectivity index (χ1) is 8.59. The summed E-state index contributed by atoms with van der Waals surface area (Å²) in [6.07, 6.45) is 0.895. The molecule has 0 saturated heterocycles. The third kappa shape index (κ3) is 2.93. The summed E-state index contributed by atoms with van der Waals surface area (Å²) in [5.74, 6) is 0. The molecular weight excluding hydrogens is 333 g/mol. The maximum atomic E-state index is 6.36. The maximum Gasteiger partial charge on any atom is 0.0346 e. The summed E-state index contributed by atoms with van der Waals surface area (Å²) in [6.45, 7) is 4.27. The molecule has 0 aliphatic carbocycles. The van der Waals surface area contributed by atoms with Gasteiger partial charge in [0.05, 0.1) is 0 Å². The predicted octanol–water partition coefficient (Wildman–Crippen LogP) is 4.15. The van der Waals surface area contributed by atoms with Crippen molar-refractivity contribution in [1.29, 1.82) is 0 Å². The SMILES string of the molecule is Cc1ccccc1CC(N)c1cccc(C)c1I. The van der Waals surface area contributed by atoms with Gasteiger partial charge in [0.25, 0.3) is 0 Å². The van der Waals surface area contributed by atoms with E-state index in [1.807, 2.05) is 0 Å². The molecule has 0 aliphatic rings. The Labute approximate surface area is 123 Å². The van der Waals surface area contributed by atoms with Gasteiger partial charge in [0.2, 0.25) is 0 Å². The smallest absolute Gasteiger partial charge is 0.0346 e. The molecule has 0 aliphatic heterocycles. The van der Waals surface area contributed by atoms with E-state index in [4.69, 9.17) is 5.73 Å². The number of aryl methyl sites for hydroxylation is 2. The van der Waals surface area contributed by atoms with Crippen LogP contribution in [0.15, 0.2) is 42.5 Å². The minimum Gasteiger partial charge on any atom is -0.324 e. The fourth-order valence-electron chi connectivity index (χ4n) is 2.14. The van der Waals surface area contributed by atoms with Gasteiger partial charge in [-0.25, -0.2) is 0 Å². The van der Waals surface area contributed by atoms with Crippen LogP contribution in [0.2, 0.25) is 0 Å². The van der Waals surface area contributed by atoms with Gasteiger partial charge in [-0.1, -0.05) is 42.5 Å². The van der Waals surface area contributed by atoms with E-state index in [1.165, 1.54) is 25.8 Å². The Bertz CT molecular complexity index is 549. The van der Waals surface area contributed by atoms with E-state index in [2.05, 4.69) is 78.9 Å². The van der Waals surface area contributed by atoms with E-state index in [9.17, 15) is 0 Å². The molecule has 0 fully saturated rings. The van der Waals surface area contributed by atoms with Crippen LogP contribution in [0.4, 0.5) is 0 Å². The largest absolute Gasteiger partial charge is 0.324 e. The van der Waals surface area contributed by atoms with Gasteiger partial charge < -0.3 is 5.73 Å². The molecule has 0 radical (unpaired) electrons. The van der Waals surface area contributed by atoms with Crippen molar-refractivity contribution in [3.63, 3.8) is 0 Å². The summed E-state index contributed by atoms with van der Waals surface area (Å²) in [5, 5.41) is 0. The summed E-state index contributed by atoms with van der Waals surface area (Å²) < 4.78 is 1.29. The Balaban J connectivity index is 2.25. The molecule has 18 heavy (non-hydrogen) atoms. The predicted molar refractivity (Wildman–Crippen MR) is 85.7 cm³/mol. The quantitative estimate of drug-likeness (QED) is 0.826. The standard InChI is InChI=1S/C16H18IN/c1-11-6-3-4-8-13(11)10-15(18)14-9-5-7-12(2)16(14)17/h3-9,15H,10,18H2,1-2H3. The zero-order valence-corrected chi connectivity index (χ0v) is 12.9. The Kier molecular flexibility index (Phi) is 4.40. The molecule has 0 bridgehead atoms. The molecule has 2 aromatic carbocycles. The molecule has 1 atom stereocenters. The first-order valence-corrected chi connectivity index (χ1v) is 7.22. The molecule has 1 unspecified atom stereocenters. The fourth-order valence-corrected chi connectivity index (χ4v) is 2.90. The Morgan fingerprint density at radius 1 is 1.00 bits per heavy atom. The third-order valence-electron chi connectivity index (χ3n) is 3.32. The Morgan fingerprint density at radius 3 is 2.39 bits per heavy atom. The van der Waals surface area contributed by atoms with Crippen LogP contribution in [-0.4, -0.2) is 0 Å². The van der Waals surface area contributed by atoms with Crippen molar-refractivity contribution in [3.05, 3.63) is 68.3 Å². The average Bonchev–Trinajstić information content (AvgIpc) is 2.35. The zero-order valence-electron chi connectivity index (χ0n) is 10.8. The van der Waals surface area contributed by atoms with Crippen LogP contribution in [0.5, 0.6) is 0 Å². The minimum absolute atomic E-state index is 0.0675. The molecule has 2 N–H and O–H groups in total. The number of hydrogen-bond donors (Lipinski definition) is 1. The summed E-state index contributed by atoms with van der Waals surface area (Å²) in [7, 11) is 0. The zero-order chi connectivity index (χ0) is 13.1. The highest BCUT2D eigenvalue weighted by atomic mass is 127. The van der Waals surface area contributed by atoms with Crippen LogP contribution in [0.1, 0.15) is 28.3 Å². The molecule has 0 aromatic heterocycles. The van der Waals surface area contributed by atoms with Crippen LogP contribution in [0.3, 0.4) is 0 Å². The lowest BCUT2D eigenvalue weighted by Gasteiger charge is -2.16. The van der Waals surface area contributed by atoms with Gasteiger partial charge in [-0.15, -0.1) is 0 Å². The van der Waals surface area contributed by atoms with Gasteiger partial charge in [0, 0.05) is 9.61 Å². The summed E-state index contributed by atoms with van der Waals surface area (Å²) in [4.78, 5) is 0. The van der Waals surface area contributed by atoms with Gasteiger partial charge >= 0.3 is 0 Å². The van der Waals surface area contributed by atoms with Crippen molar-refractivity contribution in [3.8, 4) is 0 Å². The van der Waals surface area contributed by atoms with E-state index in [-0.39, 0.29) is 6.04 Å². The maximum absolute atomic E-state index is 6.36. The lowest BCUT2D eigenvalue weighted by Crippen LogP contribution is -2.15. The Morgan fingerprint density at radius 2 is 1.67 bits per heavy atom. The topological polar surface area (TPSA) is 26.0 Å². The third-order valence-corrected chi connectivity index (χ3v) is 4.80. The van der Waals surface area contributed by atoms with Gasteiger partial charge in [-0.2, -0.15) is 0 Å². The fraction of sp³-hybridized carbons (Fsp3) is 0.250. The van der Waals surface area contributed by atoms with Crippen molar-refractivity contribution in [2.24, 2.45) is 5.73 Å². The number of benzene rings is 2. The second-order valence-electron chi connectivity index (χ2n) is 4.72. The molecule has 0 amide bonds. The van der Waals surface area contributed by atoms with Gasteiger partial charge in [0.1, 0.15) is 0 Å². The number of rotatable bonds is 3. The number of nitrogens with two attached hydrogens (primary N) is 1. The molecule has 0 heterocycles. The van der Waals surface area contributed by atoms with Crippen LogP contribution in [-0.2, 0) is 6.42 Å². The lowest BCUT2D eigenvalue weighted by molar-refractivity contribution is 0.714. The molecule has 2 heteroatoms. The monoisotopic (exact) mass is 351 g/mol. The normalized spacial score (nSPS) is 12.4. The second-order valence-corrected chi connectivity index (χ2v) is 5.79. The summed E-state index contributed by atoms with van der Waals surface area (Å²) >= 11 is 2.39. The van der Waals surface area contributed by atoms with Crippen molar-refractivity contribution in [2.45, 2.75) is 26.3 Å². The number of halogens is 1. The second kappa shape index (κ2) is 5.85. The van der Waals surface area contributed by atoms with E-state index in [0.29, 0.717) is 0 Å². The lowest BCUT2D eigenvalue weighted by atomic mass is 9.96. The van der Waals surface area contributed by atoms with Gasteiger partial charge in [-0.3, -0.25) is 0 Å². The highest BCUT2D eigenvalue weighted by Gasteiger charge is 2.12. The van der Waals surface area contributed by atoms with Crippen molar-refractivity contribution in [1.82, 2.24) is 0 Å². The first kappa shape index (κ1) is 13.6. The van der Waals surface area contributed by atoms with Crippen molar-refractivity contribution >= 4 is 22.6 Å². The first-order valence-electron chi connectivity index (χ1n) is 6.14. The molecule has 2 rings (SSSR count). The van der Waals surface area contributed by atoms with Crippen LogP contribution in [0.25, 0.3) is 0 Å².